The van der Waals surface area contributed by atoms with Gasteiger partial charge in [0.2, 0.25) is 0 Å². The van der Waals surface area contributed by atoms with Gasteiger partial charge in [0, 0.05) is 19.0 Å². The molecule has 0 saturated carbocycles. The Morgan fingerprint density at radius 3 is 3.25 bits per heavy atom. The van der Waals surface area contributed by atoms with Crippen LogP contribution in [0.1, 0.15) is 26.2 Å². The number of amidine groups is 2. The Hall–Kier alpha value is -1.06. The molecule has 1 atom stereocenters. The van der Waals surface area contributed by atoms with E-state index in [0.717, 1.165) is 18.8 Å². The number of fused-ring (bicyclic) bond motifs is 1. The average Bonchev–Trinajstić information content (AvgIpc) is 2.52. The Balaban J connectivity index is 2.25. The number of hydrogen-bond donors (Lipinski definition) is 1. The monoisotopic (exact) mass is 167 g/mol. The molecule has 4 nitrogen and oxygen atoms in total. The third-order valence-electron chi connectivity index (χ3n) is 2.62. The van der Waals surface area contributed by atoms with E-state index in [1.807, 2.05) is 6.92 Å². The van der Waals surface area contributed by atoms with Gasteiger partial charge in [-0.05, 0) is 19.8 Å². The van der Waals surface area contributed by atoms with Crippen molar-refractivity contribution >= 4 is 11.7 Å². The second-order valence-corrected chi connectivity index (χ2v) is 3.37. The van der Waals surface area contributed by atoms with E-state index in [4.69, 9.17) is 5.21 Å². The maximum Gasteiger partial charge on any atom is 0.171 e. The van der Waals surface area contributed by atoms with Gasteiger partial charge in [0.1, 0.15) is 5.84 Å². The summed E-state index contributed by atoms with van der Waals surface area (Å²) in [7, 11) is 0. The zero-order chi connectivity index (χ0) is 8.55. The minimum Gasteiger partial charge on any atom is -0.409 e. The highest BCUT2D eigenvalue weighted by atomic mass is 16.4. The highest BCUT2D eigenvalue weighted by Crippen LogP contribution is 2.24. The maximum atomic E-state index is 8.59. The second kappa shape index (κ2) is 2.77. The molecular formula is C8H13N3O. The molecule has 2 aliphatic rings. The fraction of sp³-hybridized carbons (Fsp3) is 0.750. The second-order valence-electron chi connectivity index (χ2n) is 3.37. The van der Waals surface area contributed by atoms with Crippen molar-refractivity contribution in [2.24, 2.45) is 10.1 Å². The van der Waals surface area contributed by atoms with E-state index in [1.54, 1.807) is 0 Å². The van der Waals surface area contributed by atoms with Crippen molar-refractivity contribution in [1.82, 2.24) is 4.90 Å². The molecule has 1 N–H and O–H groups in total. The lowest BCUT2D eigenvalue weighted by Gasteiger charge is -2.29. The van der Waals surface area contributed by atoms with Gasteiger partial charge >= 0.3 is 0 Å². The van der Waals surface area contributed by atoms with Crippen LogP contribution in [0, 0.1) is 0 Å². The smallest absolute Gasteiger partial charge is 0.171 e. The number of hydrogen-bond acceptors (Lipinski definition) is 3. The normalized spacial score (nSPS) is 32.1. The summed E-state index contributed by atoms with van der Waals surface area (Å²) in [6.07, 6.45) is 3.23. The Kier molecular flexibility index (Phi) is 1.75. The lowest BCUT2D eigenvalue weighted by molar-refractivity contribution is 0.310. The maximum absolute atomic E-state index is 8.59. The van der Waals surface area contributed by atoms with Gasteiger partial charge < -0.3 is 10.1 Å². The summed E-state index contributed by atoms with van der Waals surface area (Å²) in [5.41, 5.74) is 0. The van der Waals surface area contributed by atoms with Crippen LogP contribution in [-0.4, -0.2) is 34.4 Å². The summed E-state index contributed by atoms with van der Waals surface area (Å²) in [4.78, 5) is 6.49. The molecule has 0 radical (unpaired) electrons. The molecule has 0 amide bonds. The Morgan fingerprint density at radius 2 is 2.50 bits per heavy atom. The number of oxime groups is 1. The minimum absolute atomic E-state index is 0.536. The molecule has 2 rings (SSSR count). The molecule has 66 valence electrons. The van der Waals surface area contributed by atoms with Crippen LogP contribution in [0.4, 0.5) is 0 Å². The van der Waals surface area contributed by atoms with Crippen molar-refractivity contribution in [3.05, 3.63) is 0 Å². The lowest BCUT2D eigenvalue weighted by atomic mass is 10.1. The topological polar surface area (TPSA) is 48.2 Å². The van der Waals surface area contributed by atoms with Gasteiger partial charge in [-0.2, -0.15) is 0 Å². The molecule has 2 heterocycles. The van der Waals surface area contributed by atoms with Crippen LogP contribution < -0.4 is 0 Å². The molecule has 0 aromatic heterocycles. The van der Waals surface area contributed by atoms with E-state index in [2.05, 4.69) is 15.0 Å². The van der Waals surface area contributed by atoms with E-state index >= 15 is 0 Å². The standard InChI is InChI=1S/C8H13N3O/c1-6-9-8(10-12)5-7-3-2-4-11(6)7/h7,12H,2-5H2,1H3. The number of nitrogens with zero attached hydrogens (tertiary/aromatic N) is 3. The summed E-state index contributed by atoms with van der Waals surface area (Å²) in [5, 5.41) is 11.8. The molecular weight excluding hydrogens is 154 g/mol. The Morgan fingerprint density at radius 1 is 1.67 bits per heavy atom. The molecule has 12 heavy (non-hydrogen) atoms. The fourth-order valence-corrected chi connectivity index (χ4v) is 2.04. The van der Waals surface area contributed by atoms with E-state index in [1.165, 1.54) is 12.8 Å². The van der Waals surface area contributed by atoms with Crippen LogP contribution in [-0.2, 0) is 0 Å². The van der Waals surface area contributed by atoms with E-state index < -0.39 is 0 Å². The Labute approximate surface area is 71.6 Å². The first-order chi connectivity index (χ1) is 5.81. The van der Waals surface area contributed by atoms with E-state index in [-0.39, 0.29) is 0 Å². The SMILES string of the molecule is CC1=NC(=NO)CC2CCCN12. The molecule has 0 aromatic carbocycles. The van der Waals surface area contributed by atoms with Gasteiger partial charge in [-0.25, -0.2) is 4.99 Å². The van der Waals surface area contributed by atoms with Crippen LogP contribution in [0.25, 0.3) is 0 Å². The quantitative estimate of drug-likeness (QED) is 0.433. The largest absolute Gasteiger partial charge is 0.409 e. The molecule has 0 aromatic rings. The molecule has 1 saturated heterocycles. The zero-order valence-corrected chi connectivity index (χ0v) is 7.19. The van der Waals surface area contributed by atoms with Gasteiger partial charge in [-0.3, -0.25) is 0 Å². The van der Waals surface area contributed by atoms with Gasteiger partial charge in [-0.1, -0.05) is 5.16 Å². The first kappa shape index (κ1) is 7.58. The van der Waals surface area contributed by atoms with E-state index in [0.29, 0.717) is 11.9 Å². The summed E-state index contributed by atoms with van der Waals surface area (Å²) < 4.78 is 0. The van der Waals surface area contributed by atoms with Crippen LogP contribution in [0.15, 0.2) is 10.1 Å². The first-order valence-corrected chi connectivity index (χ1v) is 4.34. The van der Waals surface area contributed by atoms with Crippen molar-refractivity contribution in [2.45, 2.75) is 32.2 Å². The average molecular weight is 167 g/mol. The van der Waals surface area contributed by atoms with Crippen molar-refractivity contribution < 1.29 is 5.21 Å². The van der Waals surface area contributed by atoms with Gasteiger partial charge in [-0.15, -0.1) is 0 Å². The molecule has 0 spiro atoms. The first-order valence-electron chi connectivity index (χ1n) is 4.34. The van der Waals surface area contributed by atoms with Crippen molar-refractivity contribution in [3.63, 3.8) is 0 Å². The zero-order valence-electron chi connectivity index (χ0n) is 7.19. The molecule has 0 bridgehead atoms. The summed E-state index contributed by atoms with van der Waals surface area (Å²) in [5.74, 6) is 1.58. The van der Waals surface area contributed by atoms with Gasteiger partial charge in [0.25, 0.3) is 0 Å². The van der Waals surface area contributed by atoms with Gasteiger partial charge in [0.15, 0.2) is 5.84 Å². The summed E-state index contributed by atoms with van der Waals surface area (Å²) in [6.45, 7) is 3.08. The van der Waals surface area contributed by atoms with Crippen LogP contribution >= 0.6 is 0 Å². The third kappa shape index (κ3) is 1.07. The number of aliphatic imine (C=N–C) groups is 1. The van der Waals surface area contributed by atoms with Crippen molar-refractivity contribution in [2.75, 3.05) is 6.54 Å². The van der Waals surface area contributed by atoms with Crippen molar-refractivity contribution in [1.29, 1.82) is 0 Å². The molecule has 1 fully saturated rings. The minimum atomic E-state index is 0.536. The highest BCUT2D eigenvalue weighted by Gasteiger charge is 2.30. The highest BCUT2D eigenvalue weighted by molar-refractivity contribution is 5.98. The van der Waals surface area contributed by atoms with Crippen LogP contribution in [0.2, 0.25) is 0 Å². The van der Waals surface area contributed by atoms with Crippen LogP contribution in [0.5, 0.6) is 0 Å². The predicted molar refractivity (Wildman–Crippen MR) is 46.7 cm³/mol. The molecule has 4 heteroatoms. The van der Waals surface area contributed by atoms with Gasteiger partial charge in [0.05, 0.1) is 0 Å². The molecule has 0 aliphatic carbocycles. The van der Waals surface area contributed by atoms with Crippen molar-refractivity contribution in [3.8, 4) is 0 Å². The lowest BCUT2D eigenvalue weighted by Crippen LogP contribution is -2.39. The third-order valence-corrected chi connectivity index (χ3v) is 2.62. The number of rotatable bonds is 0. The van der Waals surface area contributed by atoms with Crippen LogP contribution in [0.3, 0.4) is 0 Å². The molecule has 2 aliphatic heterocycles. The predicted octanol–water partition coefficient (Wildman–Crippen LogP) is 1.06. The van der Waals surface area contributed by atoms with E-state index in [9.17, 15) is 0 Å². The Bertz CT molecular complexity index is 247. The fourth-order valence-electron chi connectivity index (χ4n) is 2.04. The summed E-state index contributed by atoms with van der Waals surface area (Å²) in [6, 6.07) is 0.536. The summed E-state index contributed by atoms with van der Waals surface area (Å²) >= 11 is 0. The molecule has 1 unspecified atom stereocenters.